The van der Waals surface area contributed by atoms with Crippen LogP contribution in [0.3, 0.4) is 0 Å². The van der Waals surface area contributed by atoms with Gasteiger partial charge in [-0.1, -0.05) is 95.0 Å². The number of benzene rings is 3. The van der Waals surface area contributed by atoms with Gasteiger partial charge in [0.25, 0.3) is 0 Å². The number of fused-ring (bicyclic) bond motifs is 7. The van der Waals surface area contributed by atoms with Gasteiger partial charge in [-0.2, -0.15) is 0 Å². The number of allylic oxidation sites excluding steroid dienone is 2. The Hall–Kier alpha value is -3.79. The van der Waals surface area contributed by atoms with Gasteiger partial charge in [-0.15, -0.1) is 23.6 Å². The van der Waals surface area contributed by atoms with Gasteiger partial charge in [0.1, 0.15) is 0 Å². The SMILES string of the molecule is CCC(CC)C(=O)/C=C(\O)C(CC)CC.Cc1c(C)c2c3cc(CC(C)(C)C)ccc3c3ccnc4c5[c-]c6ccccc6cc5c1n2c34.[Ir]. The number of carbonyl (C=O) groups excluding carboxylic acids is 1. The van der Waals surface area contributed by atoms with Crippen molar-refractivity contribution in [1.82, 2.24) is 9.38 Å². The van der Waals surface area contributed by atoms with Crippen molar-refractivity contribution in [2.45, 2.75) is 94.4 Å². The van der Waals surface area contributed by atoms with Gasteiger partial charge < -0.3 is 9.51 Å². The van der Waals surface area contributed by atoms with Crippen molar-refractivity contribution in [2.24, 2.45) is 17.3 Å². The van der Waals surface area contributed by atoms with E-state index >= 15 is 0 Å². The third-order valence-electron chi connectivity index (χ3n) is 10.6. The topological polar surface area (TPSA) is 54.6 Å². The average Bonchev–Trinajstić information content (AvgIpc) is 3.34. The van der Waals surface area contributed by atoms with Gasteiger partial charge in [0.2, 0.25) is 0 Å². The largest absolute Gasteiger partial charge is 0.512 e. The molecule has 0 spiro atoms. The number of pyridine rings is 3. The van der Waals surface area contributed by atoms with Crippen LogP contribution in [0.4, 0.5) is 0 Å². The van der Waals surface area contributed by atoms with Crippen molar-refractivity contribution in [3.63, 3.8) is 0 Å². The van der Waals surface area contributed by atoms with Gasteiger partial charge in [-0.3, -0.25) is 9.78 Å². The molecule has 50 heavy (non-hydrogen) atoms. The molecule has 0 saturated carbocycles. The minimum absolute atomic E-state index is 0. The number of rotatable bonds is 8. The number of carbonyl (C=O) groups is 1. The number of nitrogens with zero attached hydrogens (tertiary/aromatic N) is 2. The van der Waals surface area contributed by atoms with E-state index in [9.17, 15) is 9.90 Å². The predicted molar refractivity (Wildman–Crippen MR) is 209 cm³/mol. The summed E-state index contributed by atoms with van der Waals surface area (Å²) in [4.78, 5) is 16.6. The molecule has 0 aliphatic heterocycles. The van der Waals surface area contributed by atoms with Crippen LogP contribution in [-0.4, -0.2) is 20.3 Å². The number of ketones is 1. The fourth-order valence-electron chi connectivity index (χ4n) is 7.82. The molecule has 7 aromatic rings. The van der Waals surface area contributed by atoms with E-state index in [1.807, 2.05) is 33.9 Å². The van der Waals surface area contributed by atoms with E-state index in [2.05, 4.69) is 99.7 Å². The van der Waals surface area contributed by atoms with E-state index in [0.717, 1.165) is 48.4 Å². The third kappa shape index (κ3) is 6.67. The number of hydrogen-bond acceptors (Lipinski definition) is 3. The van der Waals surface area contributed by atoms with Crippen LogP contribution in [0.15, 0.2) is 72.6 Å². The first kappa shape index (κ1) is 37.5. The van der Waals surface area contributed by atoms with Crippen molar-refractivity contribution in [1.29, 1.82) is 0 Å². The summed E-state index contributed by atoms with van der Waals surface area (Å²) >= 11 is 0. The molecule has 4 heterocycles. The second-order valence-electron chi connectivity index (χ2n) is 15.1. The fraction of sp³-hybridized carbons (Fsp3) is 0.378. The molecule has 4 aromatic heterocycles. The monoisotopic (exact) mass is 844 g/mol. The van der Waals surface area contributed by atoms with Crippen molar-refractivity contribution < 1.29 is 30.0 Å². The first-order valence-corrected chi connectivity index (χ1v) is 18.2. The summed E-state index contributed by atoms with van der Waals surface area (Å²) in [7, 11) is 0. The molecule has 0 fully saturated rings. The molecule has 0 aliphatic rings. The Bertz CT molecular complexity index is 2350. The molecule has 5 heteroatoms. The smallest absolute Gasteiger partial charge is 0.162 e. The van der Waals surface area contributed by atoms with Crippen LogP contribution in [0.25, 0.3) is 59.8 Å². The van der Waals surface area contributed by atoms with Gasteiger partial charge in [0.05, 0.1) is 11.3 Å². The Kier molecular flexibility index (Phi) is 11.1. The minimum atomic E-state index is 0. The zero-order chi connectivity index (χ0) is 35.2. The summed E-state index contributed by atoms with van der Waals surface area (Å²) in [5, 5.41) is 18.4. The molecule has 3 aromatic carbocycles. The molecular weight excluding hydrogens is 793 g/mol. The van der Waals surface area contributed by atoms with E-state index < -0.39 is 0 Å². The zero-order valence-electron chi connectivity index (χ0n) is 31.1. The van der Waals surface area contributed by atoms with E-state index in [4.69, 9.17) is 4.98 Å². The van der Waals surface area contributed by atoms with Gasteiger partial charge in [0, 0.05) is 71.5 Å². The second-order valence-corrected chi connectivity index (χ2v) is 15.1. The van der Waals surface area contributed by atoms with Gasteiger partial charge in [-0.05, 0) is 85.6 Å². The van der Waals surface area contributed by atoms with Crippen LogP contribution in [0.5, 0.6) is 0 Å². The van der Waals surface area contributed by atoms with Crippen LogP contribution < -0.4 is 0 Å². The van der Waals surface area contributed by atoms with E-state index in [0.29, 0.717) is 0 Å². The summed E-state index contributed by atoms with van der Waals surface area (Å²) in [6, 6.07) is 23.8. The molecule has 0 amide bonds. The van der Waals surface area contributed by atoms with Crippen LogP contribution in [0, 0.1) is 37.2 Å². The standard InChI is InChI=1S/C32H27N2.C13H24O2.Ir/c1-18-19(2)30-27-16-22-9-7-6-8-21(22)15-25(27)28-31-24(12-13-33-28)23-11-10-20(17-32(3,4)5)14-26(23)29(18)34(30)31;1-5-10(6-2)12(14)9-13(15)11(7-3)8-4;/h6-14,16H,17H2,1-5H3;9-11,14H,5-8H2,1-4H3;/q-1;;/b;12-9-;. The van der Waals surface area contributed by atoms with E-state index in [1.54, 1.807) is 0 Å². The molecule has 0 bridgehead atoms. The van der Waals surface area contributed by atoms with Crippen LogP contribution in [0.1, 0.15) is 90.8 Å². The maximum Gasteiger partial charge on any atom is 0.162 e. The average molecular weight is 844 g/mol. The number of aromatic nitrogens is 2. The number of hydrogen-bond donors (Lipinski definition) is 1. The fourth-order valence-corrected chi connectivity index (χ4v) is 7.82. The Morgan fingerprint density at radius 2 is 1.46 bits per heavy atom. The maximum absolute atomic E-state index is 11.7. The molecule has 0 unspecified atom stereocenters. The summed E-state index contributed by atoms with van der Waals surface area (Å²) in [6.45, 7) is 19.6. The van der Waals surface area contributed by atoms with Crippen molar-refractivity contribution in [3.05, 3.63) is 95.4 Å². The molecule has 263 valence electrons. The van der Waals surface area contributed by atoms with Gasteiger partial charge in [-0.25, -0.2) is 0 Å². The molecule has 7 rings (SSSR count). The number of aliphatic hydroxyl groups is 1. The molecule has 1 N–H and O–H groups in total. The van der Waals surface area contributed by atoms with E-state index in [1.165, 1.54) is 66.2 Å². The summed E-state index contributed by atoms with van der Waals surface area (Å²) in [5.74, 6) is 0.547. The summed E-state index contributed by atoms with van der Waals surface area (Å²) < 4.78 is 2.50. The van der Waals surface area contributed by atoms with Crippen molar-refractivity contribution in [2.75, 3.05) is 0 Å². The van der Waals surface area contributed by atoms with Gasteiger partial charge >= 0.3 is 0 Å². The summed E-state index contributed by atoms with van der Waals surface area (Å²) in [5.41, 5.74) is 9.19. The Morgan fingerprint density at radius 3 is 2.10 bits per heavy atom. The molecule has 4 nitrogen and oxygen atoms in total. The normalized spacial score (nSPS) is 12.6. The Balaban J connectivity index is 0.000000261. The van der Waals surface area contributed by atoms with E-state index in [-0.39, 0.29) is 48.9 Å². The molecule has 0 aliphatic carbocycles. The molecule has 1 radical (unpaired) electrons. The first-order valence-electron chi connectivity index (χ1n) is 18.2. The van der Waals surface area contributed by atoms with Gasteiger partial charge in [0.15, 0.2) is 5.78 Å². The van der Waals surface area contributed by atoms with Crippen LogP contribution >= 0.6 is 0 Å². The van der Waals surface area contributed by atoms with Crippen molar-refractivity contribution in [3.8, 4) is 0 Å². The Labute approximate surface area is 310 Å². The molecule has 0 saturated heterocycles. The first-order chi connectivity index (χ1) is 23.4. The number of aliphatic hydroxyl groups excluding tert-OH is 1. The van der Waals surface area contributed by atoms with Crippen molar-refractivity contribution >= 4 is 65.6 Å². The Morgan fingerprint density at radius 1 is 0.820 bits per heavy atom. The molecule has 0 atom stereocenters. The summed E-state index contributed by atoms with van der Waals surface area (Å²) in [6.07, 6.45) is 7.93. The zero-order valence-corrected chi connectivity index (χ0v) is 33.5. The van der Waals surface area contributed by atoms with Crippen LogP contribution in [-0.2, 0) is 31.3 Å². The predicted octanol–water partition coefficient (Wildman–Crippen LogP) is 12.4. The second kappa shape index (κ2) is 14.8. The third-order valence-corrected chi connectivity index (χ3v) is 10.6. The minimum Gasteiger partial charge on any atom is -0.512 e. The molecular formula is C45H51IrN2O2-. The number of aryl methyl sites for hydroxylation is 2. The maximum atomic E-state index is 11.7. The van der Waals surface area contributed by atoms with Crippen LogP contribution in [0.2, 0.25) is 0 Å². The quantitative estimate of drug-likeness (QED) is 0.0545.